The number of anilines is 2. The van der Waals surface area contributed by atoms with E-state index in [1.54, 1.807) is 12.0 Å². The van der Waals surface area contributed by atoms with E-state index >= 15 is 0 Å². The Kier molecular flexibility index (Phi) is 7.14. The number of para-hydroxylation sites is 1. The summed E-state index contributed by atoms with van der Waals surface area (Å²) in [6.07, 6.45) is 2.62. The highest BCUT2D eigenvalue weighted by Crippen LogP contribution is 2.23. The first-order chi connectivity index (χ1) is 15.6. The number of piperidine rings is 1. The molecule has 0 radical (unpaired) electrons. The van der Waals surface area contributed by atoms with E-state index in [4.69, 9.17) is 4.74 Å². The van der Waals surface area contributed by atoms with Gasteiger partial charge in [-0.2, -0.15) is 0 Å². The van der Waals surface area contributed by atoms with Gasteiger partial charge in [-0.3, -0.25) is 4.79 Å². The van der Waals surface area contributed by atoms with E-state index in [2.05, 4.69) is 22.3 Å². The number of carbonyl (C=O) groups is 2. The van der Waals surface area contributed by atoms with Crippen LogP contribution in [0.3, 0.4) is 0 Å². The van der Waals surface area contributed by atoms with Gasteiger partial charge in [0, 0.05) is 50.6 Å². The first kappa shape index (κ1) is 22.0. The molecule has 2 fully saturated rings. The van der Waals surface area contributed by atoms with Crippen LogP contribution in [0, 0.1) is 5.92 Å². The van der Waals surface area contributed by atoms with Crippen LogP contribution in [-0.4, -0.2) is 68.1 Å². The van der Waals surface area contributed by atoms with Crippen LogP contribution in [-0.2, 0) is 4.79 Å². The number of ether oxygens (including phenoxy) is 1. The molecular formula is C25H32N4O3. The van der Waals surface area contributed by atoms with E-state index in [0.717, 1.165) is 56.0 Å². The van der Waals surface area contributed by atoms with Crippen molar-refractivity contribution in [1.29, 1.82) is 0 Å². The quantitative estimate of drug-likeness (QED) is 0.794. The van der Waals surface area contributed by atoms with Gasteiger partial charge in [0.25, 0.3) is 0 Å². The number of nitrogens with zero attached hydrogens (tertiary/aromatic N) is 3. The van der Waals surface area contributed by atoms with Crippen LogP contribution >= 0.6 is 0 Å². The highest BCUT2D eigenvalue weighted by Gasteiger charge is 2.32. The predicted octanol–water partition coefficient (Wildman–Crippen LogP) is 3.68. The lowest BCUT2D eigenvalue weighted by Crippen LogP contribution is -2.48. The summed E-state index contributed by atoms with van der Waals surface area (Å²) in [7, 11) is 1.67. The van der Waals surface area contributed by atoms with Crippen LogP contribution < -0.4 is 15.0 Å². The number of carbonyl (C=O) groups excluding carboxylic acids is 2. The number of urea groups is 1. The Morgan fingerprint density at radius 1 is 0.875 bits per heavy atom. The van der Waals surface area contributed by atoms with Crippen molar-refractivity contribution in [2.24, 2.45) is 5.92 Å². The average Bonchev–Trinajstić information content (AvgIpc) is 3.11. The lowest BCUT2D eigenvalue weighted by atomic mass is 9.96. The topological polar surface area (TPSA) is 65.1 Å². The zero-order valence-electron chi connectivity index (χ0n) is 18.7. The van der Waals surface area contributed by atoms with Gasteiger partial charge < -0.3 is 24.8 Å². The summed E-state index contributed by atoms with van der Waals surface area (Å²) >= 11 is 0. The fourth-order valence-corrected chi connectivity index (χ4v) is 4.53. The fraction of sp³-hybridized carbons (Fsp3) is 0.440. The van der Waals surface area contributed by atoms with Crippen molar-refractivity contribution in [2.45, 2.75) is 19.3 Å². The van der Waals surface area contributed by atoms with Gasteiger partial charge in [0.1, 0.15) is 5.75 Å². The van der Waals surface area contributed by atoms with E-state index < -0.39 is 0 Å². The molecule has 0 spiro atoms. The summed E-state index contributed by atoms with van der Waals surface area (Å²) in [5.41, 5.74) is 1.93. The van der Waals surface area contributed by atoms with Crippen molar-refractivity contribution in [3.63, 3.8) is 0 Å². The van der Waals surface area contributed by atoms with E-state index in [1.807, 2.05) is 47.4 Å². The van der Waals surface area contributed by atoms with Gasteiger partial charge in [-0.25, -0.2) is 4.79 Å². The van der Waals surface area contributed by atoms with Gasteiger partial charge in [0.2, 0.25) is 5.91 Å². The Hall–Kier alpha value is -3.22. The minimum absolute atomic E-state index is 0.127. The molecule has 4 rings (SSSR count). The number of amides is 3. The summed E-state index contributed by atoms with van der Waals surface area (Å²) < 4.78 is 5.25. The molecule has 2 heterocycles. The predicted molar refractivity (Wildman–Crippen MR) is 126 cm³/mol. The molecule has 1 atom stereocenters. The minimum atomic E-state index is -0.129. The molecule has 1 N–H and O–H groups in total. The Morgan fingerprint density at radius 3 is 2.38 bits per heavy atom. The van der Waals surface area contributed by atoms with Crippen LogP contribution in [0.2, 0.25) is 0 Å². The molecule has 170 valence electrons. The van der Waals surface area contributed by atoms with Gasteiger partial charge in [0.15, 0.2) is 0 Å². The van der Waals surface area contributed by atoms with Crippen LogP contribution in [0.25, 0.3) is 0 Å². The highest BCUT2D eigenvalue weighted by atomic mass is 16.5. The van der Waals surface area contributed by atoms with Crippen molar-refractivity contribution < 1.29 is 14.3 Å². The normalized spacial score (nSPS) is 19.3. The van der Waals surface area contributed by atoms with Crippen molar-refractivity contribution in [1.82, 2.24) is 9.80 Å². The molecule has 7 heteroatoms. The van der Waals surface area contributed by atoms with E-state index in [0.29, 0.717) is 19.6 Å². The molecule has 0 saturated carbocycles. The Labute approximate surface area is 189 Å². The lowest BCUT2D eigenvalue weighted by Gasteiger charge is -2.34. The first-order valence-corrected chi connectivity index (χ1v) is 11.4. The molecule has 2 aliphatic rings. The summed E-state index contributed by atoms with van der Waals surface area (Å²) in [5.74, 6) is 0.898. The van der Waals surface area contributed by atoms with Crippen molar-refractivity contribution in [3.05, 3.63) is 54.6 Å². The molecule has 1 unspecified atom stereocenters. The summed E-state index contributed by atoms with van der Waals surface area (Å²) in [5, 5.41) is 2.94. The summed E-state index contributed by atoms with van der Waals surface area (Å²) in [6.45, 7) is 4.37. The van der Waals surface area contributed by atoms with E-state index in [-0.39, 0.29) is 17.9 Å². The number of methoxy groups -OCH3 is 1. The number of nitrogens with one attached hydrogen (secondary N) is 1. The minimum Gasteiger partial charge on any atom is -0.497 e. The molecule has 0 aromatic heterocycles. The molecule has 3 amide bonds. The third-order valence-electron chi connectivity index (χ3n) is 6.33. The molecule has 2 aliphatic heterocycles. The van der Waals surface area contributed by atoms with Gasteiger partial charge in [-0.15, -0.1) is 0 Å². The Morgan fingerprint density at radius 2 is 1.62 bits per heavy atom. The fourth-order valence-electron chi connectivity index (χ4n) is 4.53. The number of hydrogen-bond donors (Lipinski definition) is 1. The average molecular weight is 437 g/mol. The SMILES string of the molecule is COc1ccc(N2CCCN(C(=O)C3CCCN(C(=O)Nc4ccccc4)C3)CC2)cc1. The third-order valence-corrected chi connectivity index (χ3v) is 6.33. The second-order valence-electron chi connectivity index (χ2n) is 8.45. The highest BCUT2D eigenvalue weighted by molar-refractivity contribution is 5.90. The standard InChI is InChI=1S/C25H32N4O3/c1-32-23-12-10-22(11-13-23)27-15-6-16-28(18-17-27)24(30)20-7-5-14-29(19-20)25(31)26-21-8-3-2-4-9-21/h2-4,8-13,20H,5-7,14-19H2,1H3,(H,26,31). The molecule has 0 aliphatic carbocycles. The maximum atomic E-state index is 13.3. The van der Waals surface area contributed by atoms with Crippen LogP contribution in [0.15, 0.2) is 54.6 Å². The van der Waals surface area contributed by atoms with Crippen LogP contribution in [0.1, 0.15) is 19.3 Å². The number of rotatable bonds is 4. The largest absolute Gasteiger partial charge is 0.497 e. The second-order valence-corrected chi connectivity index (χ2v) is 8.45. The Bertz CT molecular complexity index is 903. The van der Waals surface area contributed by atoms with Crippen LogP contribution in [0.5, 0.6) is 5.75 Å². The van der Waals surface area contributed by atoms with Gasteiger partial charge in [-0.1, -0.05) is 18.2 Å². The smallest absolute Gasteiger partial charge is 0.321 e. The Balaban J connectivity index is 1.32. The second kappa shape index (κ2) is 10.4. The molecule has 2 saturated heterocycles. The molecular weight excluding hydrogens is 404 g/mol. The van der Waals surface area contributed by atoms with Gasteiger partial charge in [-0.05, 0) is 55.7 Å². The lowest BCUT2D eigenvalue weighted by molar-refractivity contribution is -0.136. The van der Waals surface area contributed by atoms with E-state index in [1.165, 1.54) is 0 Å². The molecule has 2 aromatic carbocycles. The zero-order valence-corrected chi connectivity index (χ0v) is 18.7. The van der Waals surface area contributed by atoms with Crippen molar-refractivity contribution >= 4 is 23.3 Å². The maximum absolute atomic E-state index is 13.3. The molecule has 2 aromatic rings. The van der Waals surface area contributed by atoms with Crippen molar-refractivity contribution in [3.8, 4) is 5.75 Å². The molecule has 0 bridgehead atoms. The first-order valence-electron chi connectivity index (χ1n) is 11.4. The number of likely N-dealkylation sites (tertiary alicyclic amines) is 1. The van der Waals surface area contributed by atoms with Crippen LogP contribution in [0.4, 0.5) is 16.2 Å². The van der Waals surface area contributed by atoms with E-state index in [9.17, 15) is 9.59 Å². The zero-order chi connectivity index (χ0) is 22.3. The number of hydrogen-bond acceptors (Lipinski definition) is 4. The van der Waals surface area contributed by atoms with Gasteiger partial charge in [0.05, 0.1) is 13.0 Å². The maximum Gasteiger partial charge on any atom is 0.321 e. The third kappa shape index (κ3) is 5.33. The van der Waals surface area contributed by atoms with Crippen molar-refractivity contribution in [2.75, 3.05) is 56.6 Å². The number of benzene rings is 2. The molecule has 32 heavy (non-hydrogen) atoms. The molecule has 7 nitrogen and oxygen atoms in total. The monoisotopic (exact) mass is 436 g/mol. The summed E-state index contributed by atoms with van der Waals surface area (Å²) in [6, 6.07) is 17.4. The van der Waals surface area contributed by atoms with Gasteiger partial charge >= 0.3 is 6.03 Å². The summed E-state index contributed by atoms with van der Waals surface area (Å²) in [4.78, 5) is 32.1.